The second-order valence-corrected chi connectivity index (χ2v) is 7.85. The molecule has 1 aliphatic rings. The minimum absolute atomic E-state index is 0. The SMILES string of the molecule is CN=C(NCCc1c[nH]c2ccc(F)cc12)NCC(c1ccc(F)cc1)N1CCOCC1.I. The number of nitrogens with one attached hydrogen (secondary N) is 3. The third kappa shape index (κ3) is 6.64. The molecule has 178 valence electrons. The summed E-state index contributed by atoms with van der Waals surface area (Å²) in [7, 11) is 1.73. The molecule has 1 fully saturated rings. The van der Waals surface area contributed by atoms with Crippen LogP contribution in [0.1, 0.15) is 17.2 Å². The lowest BCUT2D eigenvalue weighted by atomic mass is 10.0. The molecule has 0 saturated carbocycles. The molecule has 0 radical (unpaired) electrons. The molecule has 0 bridgehead atoms. The Hall–Kier alpha value is -2.24. The summed E-state index contributed by atoms with van der Waals surface area (Å²) in [5, 5.41) is 7.64. The predicted octanol–water partition coefficient (Wildman–Crippen LogP) is 3.85. The van der Waals surface area contributed by atoms with E-state index in [0.717, 1.165) is 41.5 Å². The van der Waals surface area contributed by atoms with Gasteiger partial charge in [-0.25, -0.2) is 8.78 Å². The number of aromatic amines is 1. The number of H-pyrrole nitrogens is 1. The molecular weight excluding hydrogens is 539 g/mol. The normalized spacial score (nSPS) is 15.8. The van der Waals surface area contributed by atoms with E-state index in [1.165, 1.54) is 18.2 Å². The van der Waals surface area contributed by atoms with Crippen molar-refractivity contribution < 1.29 is 13.5 Å². The summed E-state index contributed by atoms with van der Waals surface area (Å²) in [4.78, 5) is 9.86. The fraction of sp³-hybridized carbons (Fsp3) is 0.375. The van der Waals surface area contributed by atoms with Gasteiger partial charge in [-0.2, -0.15) is 0 Å². The number of halogens is 3. The Morgan fingerprint density at radius 1 is 1.09 bits per heavy atom. The molecule has 1 unspecified atom stereocenters. The standard InChI is InChI=1S/C24H29F2N5O.HI/c1-27-24(28-9-8-18-15-29-22-7-6-20(26)14-21(18)22)30-16-23(31-10-12-32-13-11-31)17-2-4-19(25)5-3-17;/h2-7,14-15,23,29H,8-13,16H2,1H3,(H2,27,28,30);1H. The zero-order valence-corrected chi connectivity index (χ0v) is 20.9. The molecule has 1 aliphatic heterocycles. The van der Waals surface area contributed by atoms with E-state index in [0.29, 0.717) is 32.3 Å². The molecule has 1 saturated heterocycles. The van der Waals surface area contributed by atoms with Gasteiger partial charge in [-0.05, 0) is 47.9 Å². The van der Waals surface area contributed by atoms with Crippen LogP contribution in [0.2, 0.25) is 0 Å². The Bertz CT molecular complexity index is 1050. The van der Waals surface area contributed by atoms with Crippen LogP contribution in [-0.2, 0) is 11.2 Å². The van der Waals surface area contributed by atoms with E-state index in [4.69, 9.17) is 4.74 Å². The van der Waals surface area contributed by atoms with Crippen molar-refractivity contribution in [3.05, 3.63) is 71.4 Å². The van der Waals surface area contributed by atoms with Crippen molar-refractivity contribution in [2.45, 2.75) is 12.5 Å². The third-order valence-corrected chi connectivity index (χ3v) is 5.84. The molecule has 0 spiro atoms. The summed E-state index contributed by atoms with van der Waals surface area (Å²) in [5.41, 5.74) is 3.04. The first-order chi connectivity index (χ1) is 15.6. The number of fused-ring (bicyclic) bond motifs is 1. The van der Waals surface area contributed by atoms with Gasteiger partial charge in [0.25, 0.3) is 0 Å². The Morgan fingerprint density at radius 2 is 1.82 bits per heavy atom. The number of hydrogen-bond donors (Lipinski definition) is 3. The number of guanidine groups is 1. The summed E-state index contributed by atoms with van der Waals surface area (Å²) in [6.45, 7) is 4.32. The number of aromatic nitrogens is 1. The first-order valence-corrected chi connectivity index (χ1v) is 10.9. The van der Waals surface area contributed by atoms with E-state index in [-0.39, 0.29) is 41.7 Å². The predicted molar refractivity (Wildman–Crippen MR) is 138 cm³/mol. The van der Waals surface area contributed by atoms with Crippen LogP contribution in [0.25, 0.3) is 10.9 Å². The zero-order chi connectivity index (χ0) is 22.3. The summed E-state index contributed by atoms with van der Waals surface area (Å²) >= 11 is 0. The molecule has 0 aliphatic carbocycles. The number of ether oxygens (including phenoxy) is 1. The zero-order valence-electron chi connectivity index (χ0n) is 18.6. The van der Waals surface area contributed by atoms with Gasteiger partial charge >= 0.3 is 0 Å². The second kappa shape index (κ2) is 12.3. The summed E-state index contributed by atoms with van der Waals surface area (Å²) < 4.78 is 32.5. The van der Waals surface area contributed by atoms with Crippen LogP contribution in [0.5, 0.6) is 0 Å². The van der Waals surface area contributed by atoms with Crippen LogP contribution in [-0.4, -0.2) is 62.3 Å². The maximum Gasteiger partial charge on any atom is 0.191 e. The topological polar surface area (TPSA) is 64.7 Å². The quantitative estimate of drug-likeness (QED) is 0.230. The monoisotopic (exact) mass is 569 g/mol. The lowest BCUT2D eigenvalue weighted by molar-refractivity contribution is 0.0170. The average molecular weight is 569 g/mol. The molecule has 0 amide bonds. The summed E-state index contributed by atoms with van der Waals surface area (Å²) in [6, 6.07) is 11.5. The molecule has 9 heteroatoms. The van der Waals surface area contributed by atoms with E-state index in [1.54, 1.807) is 19.2 Å². The number of hydrogen-bond acceptors (Lipinski definition) is 3. The maximum atomic E-state index is 13.6. The molecule has 1 atom stereocenters. The molecule has 1 aromatic heterocycles. The minimum atomic E-state index is -0.239. The molecular formula is C24H30F2IN5O. The Morgan fingerprint density at radius 3 is 2.55 bits per heavy atom. The second-order valence-electron chi connectivity index (χ2n) is 7.85. The van der Waals surface area contributed by atoms with Gasteiger partial charge in [-0.1, -0.05) is 12.1 Å². The van der Waals surface area contributed by atoms with Gasteiger partial charge in [0.1, 0.15) is 11.6 Å². The van der Waals surface area contributed by atoms with Gasteiger partial charge < -0.3 is 20.4 Å². The minimum Gasteiger partial charge on any atom is -0.379 e. The van der Waals surface area contributed by atoms with Crippen LogP contribution in [0.3, 0.4) is 0 Å². The van der Waals surface area contributed by atoms with E-state index in [1.807, 2.05) is 18.3 Å². The van der Waals surface area contributed by atoms with E-state index in [9.17, 15) is 8.78 Å². The first kappa shape index (κ1) is 25.4. The van der Waals surface area contributed by atoms with E-state index in [2.05, 4.69) is 25.5 Å². The summed E-state index contributed by atoms with van der Waals surface area (Å²) in [5.74, 6) is 0.215. The van der Waals surface area contributed by atoms with Crippen LogP contribution < -0.4 is 10.6 Å². The van der Waals surface area contributed by atoms with Crippen LogP contribution in [0.4, 0.5) is 8.78 Å². The number of aliphatic imine (C=N–C) groups is 1. The van der Waals surface area contributed by atoms with Crippen molar-refractivity contribution >= 4 is 40.8 Å². The average Bonchev–Trinajstić information content (AvgIpc) is 3.21. The van der Waals surface area contributed by atoms with E-state index >= 15 is 0 Å². The molecule has 33 heavy (non-hydrogen) atoms. The fourth-order valence-corrected chi connectivity index (χ4v) is 4.12. The highest BCUT2D eigenvalue weighted by molar-refractivity contribution is 14.0. The van der Waals surface area contributed by atoms with Gasteiger partial charge in [-0.15, -0.1) is 24.0 Å². The van der Waals surface area contributed by atoms with Crippen molar-refractivity contribution in [2.24, 2.45) is 4.99 Å². The largest absolute Gasteiger partial charge is 0.379 e. The van der Waals surface area contributed by atoms with Crippen molar-refractivity contribution in [1.82, 2.24) is 20.5 Å². The van der Waals surface area contributed by atoms with Gasteiger partial charge in [0.15, 0.2) is 5.96 Å². The van der Waals surface area contributed by atoms with Gasteiger partial charge in [0, 0.05) is 50.3 Å². The molecule has 3 N–H and O–H groups in total. The number of nitrogens with zero attached hydrogens (tertiary/aromatic N) is 2. The highest BCUT2D eigenvalue weighted by Crippen LogP contribution is 2.22. The fourth-order valence-electron chi connectivity index (χ4n) is 4.12. The molecule has 6 nitrogen and oxygen atoms in total. The third-order valence-electron chi connectivity index (χ3n) is 5.84. The van der Waals surface area contributed by atoms with Crippen LogP contribution in [0.15, 0.2) is 53.7 Å². The Balaban J connectivity index is 0.00000306. The Labute approximate surface area is 209 Å². The van der Waals surface area contributed by atoms with E-state index < -0.39 is 0 Å². The number of rotatable bonds is 7. The van der Waals surface area contributed by atoms with Gasteiger partial charge in [0.05, 0.1) is 19.3 Å². The first-order valence-electron chi connectivity index (χ1n) is 10.9. The number of morpholine rings is 1. The van der Waals surface area contributed by atoms with Crippen molar-refractivity contribution in [2.75, 3.05) is 46.4 Å². The lowest BCUT2D eigenvalue weighted by Gasteiger charge is -2.35. The highest BCUT2D eigenvalue weighted by Gasteiger charge is 2.23. The molecule has 3 aromatic rings. The molecule has 2 aromatic carbocycles. The molecule has 2 heterocycles. The number of benzene rings is 2. The highest BCUT2D eigenvalue weighted by atomic mass is 127. The van der Waals surface area contributed by atoms with Crippen LogP contribution >= 0.6 is 24.0 Å². The van der Waals surface area contributed by atoms with Crippen molar-refractivity contribution in [1.29, 1.82) is 0 Å². The lowest BCUT2D eigenvalue weighted by Crippen LogP contribution is -2.46. The molecule has 4 rings (SSSR count). The van der Waals surface area contributed by atoms with Gasteiger partial charge in [-0.3, -0.25) is 9.89 Å². The Kier molecular flexibility index (Phi) is 9.45. The summed E-state index contributed by atoms with van der Waals surface area (Å²) in [6.07, 6.45) is 2.65. The maximum absolute atomic E-state index is 13.6. The van der Waals surface area contributed by atoms with Crippen molar-refractivity contribution in [3.8, 4) is 0 Å². The van der Waals surface area contributed by atoms with Gasteiger partial charge in [0.2, 0.25) is 0 Å². The van der Waals surface area contributed by atoms with Crippen LogP contribution in [0, 0.1) is 11.6 Å². The van der Waals surface area contributed by atoms with Crippen molar-refractivity contribution in [3.63, 3.8) is 0 Å². The smallest absolute Gasteiger partial charge is 0.191 e.